The SMILES string of the molecule is COc1cccc2cc(C(=O)NCCCC(C)(C)CO)oc12. The van der Waals surface area contributed by atoms with E-state index in [0.717, 1.165) is 18.2 Å². The fourth-order valence-corrected chi connectivity index (χ4v) is 2.24. The average Bonchev–Trinajstić information content (AvgIpc) is 2.95. The molecule has 0 spiro atoms. The maximum atomic E-state index is 12.1. The van der Waals surface area contributed by atoms with Crippen molar-refractivity contribution in [3.05, 3.63) is 30.0 Å². The van der Waals surface area contributed by atoms with Gasteiger partial charge in [-0.15, -0.1) is 0 Å². The van der Waals surface area contributed by atoms with Gasteiger partial charge in [0.25, 0.3) is 5.91 Å². The number of rotatable bonds is 7. The number of ether oxygens (including phenoxy) is 1. The van der Waals surface area contributed by atoms with Crippen molar-refractivity contribution >= 4 is 16.9 Å². The van der Waals surface area contributed by atoms with Gasteiger partial charge in [0.05, 0.1) is 7.11 Å². The van der Waals surface area contributed by atoms with E-state index in [1.54, 1.807) is 19.2 Å². The zero-order valence-corrected chi connectivity index (χ0v) is 13.3. The van der Waals surface area contributed by atoms with Crippen LogP contribution in [0.3, 0.4) is 0 Å². The molecule has 2 rings (SSSR count). The lowest BCUT2D eigenvalue weighted by Gasteiger charge is -2.21. The Morgan fingerprint density at radius 1 is 1.41 bits per heavy atom. The normalized spacial score (nSPS) is 11.6. The summed E-state index contributed by atoms with van der Waals surface area (Å²) < 4.78 is 10.8. The summed E-state index contributed by atoms with van der Waals surface area (Å²) in [5.41, 5.74) is 0.467. The summed E-state index contributed by atoms with van der Waals surface area (Å²) in [6.45, 7) is 4.70. The lowest BCUT2D eigenvalue weighted by Crippen LogP contribution is -2.26. The van der Waals surface area contributed by atoms with Gasteiger partial charge in [-0.1, -0.05) is 26.0 Å². The number of hydrogen-bond acceptors (Lipinski definition) is 4. The van der Waals surface area contributed by atoms with Crippen molar-refractivity contribution < 1.29 is 19.1 Å². The van der Waals surface area contributed by atoms with E-state index >= 15 is 0 Å². The highest BCUT2D eigenvalue weighted by atomic mass is 16.5. The Morgan fingerprint density at radius 3 is 2.86 bits per heavy atom. The monoisotopic (exact) mass is 305 g/mol. The lowest BCUT2D eigenvalue weighted by atomic mass is 9.89. The lowest BCUT2D eigenvalue weighted by molar-refractivity contribution is 0.0923. The second-order valence-corrected chi connectivity index (χ2v) is 6.17. The molecule has 1 amide bonds. The molecule has 0 atom stereocenters. The van der Waals surface area contributed by atoms with E-state index in [-0.39, 0.29) is 23.7 Å². The topological polar surface area (TPSA) is 71.7 Å². The van der Waals surface area contributed by atoms with E-state index in [1.807, 2.05) is 26.0 Å². The summed E-state index contributed by atoms with van der Waals surface area (Å²) in [6.07, 6.45) is 1.65. The first-order chi connectivity index (χ1) is 10.5. The number of carbonyl (C=O) groups is 1. The first-order valence-electron chi connectivity index (χ1n) is 7.42. The maximum Gasteiger partial charge on any atom is 0.287 e. The van der Waals surface area contributed by atoms with Crippen LogP contribution in [0.15, 0.2) is 28.7 Å². The Kier molecular flexibility index (Phi) is 5.08. The van der Waals surface area contributed by atoms with Crippen LogP contribution in [0.4, 0.5) is 0 Å². The molecule has 1 aromatic heterocycles. The van der Waals surface area contributed by atoms with E-state index < -0.39 is 0 Å². The van der Waals surface area contributed by atoms with Crippen molar-refractivity contribution in [1.82, 2.24) is 5.32 Å². The zero-order chi connectivity index (χ0) is 16.2. The predicted octanol–water partition coefficient (Wildman–Crippen LogP) is 2.97. The second-order valence-electron chi connectivity index (χ2n) is 6.17. The van der Waals surface area contributed by atoms with Gasteiger partial charge in [-0.3, -0.25) is 4.79 Å². The van der Waals surface area contributed by atoms with Crippen LogP contribution in [0.5, 0.6) is 5.75 Å². The number of nitrogens with one attached hydrogen (secondary N) is 1. The van der Waals surface area contributed by atoms with Gasteiger partial charge in [0.1, 0.15) is 0 Å². The van der Waals surface area contributed by atoms with Crippen LogP contribution >= 0.6 is 0 Å². The number of furan rings is 1. The molecule has 22 heavy (non-hydrogen) atoms. The van der Waals surface area contributed by atoms with Gasteiger partial charge in [-0.05, 0) is 30.4 Å². The summed E-state index contributed by atoms with van der Waals surface area (Å²) >= 11 is 0. The van der Waals surface area contributed by atoms with Crippen LogP contribution in [0.1, 0.15) is 37.2 Å². The quantitative estimate of drug-likeness (QED) is 0.771. The highest BCUT2D eigenvalue weighted by Crippen LogP contribution is 2.28. The van der Waals surface area contributed by atoms with E-state index in [4.69, 9.17) is 9.15 Å². The third-order valence-electron chi connectivity index (χ3n) is 3.70. The molecule has 0 aliphatic rings. The third kappa shape index (κ3) is 3.80. The Bertz CT molecular complexity index is 645. The van der Waals surface area contributed by atoms with Gasteiger partial charge in [-0.25, -0.2) is 0 Å². The Hall–Kier alpha value is -2.01. The van der Waals surface area contributed by atoms with Gasteiger partial charge in [0.15, 0.2) is 17.1 Å². The minimum Gasteiger partial charge on any atom is -0.493 e. The van der Waals surface area contributed by atoms with Gasteiger partial charge in [-0.2, -0.15) is 0 Å². The molecular formula is C17H23NO4. The van der Waals surface area contributed by atoms with Crippen molar-refractivity contribution in [1.29, 1.82) is 0 Å². The molecule has 0 fully saturated rings. The fourth-order valence-electron chi connectivity index (χ4n) is 2.24. The van der Waals surface area contributed by atoms with E-state index in [9.17, 15) is 9.90 Å². The standard InChI is InChI=1S/C17H23NO4/c1-17(2,11-19)8-5-9-18-16(20)14-10-12-6-4-7-13(21-3)15(12)22-14/h4,6-7,10,19H,5,8-9,11H2,1-3H3,(H,18,20). The fraction of sp³-hybridized carbons (Fsp3) is 0.471. The molecule has 120 valence electrons. The van der Waals surface area contributed by atoms with E-state index in [1.165, 1.54) is 0 Å². The first-order valence-corrected chi connectivity index (χ1v) is 7.42. The molecule has 0 aliphatic heterocycles. The highest BCUT2D eigenvalue weighted by molar-refractivity contribution is 5.97. The van der Waals surface area contributed by atoms with Gasteiger partial charge in [0, 0.05) is 18.5 Å². The molecule has 0 saturated heterocycles. The smallest absolute Gasteiger partial charge is 0.287 e. The number of benzene rings is 1. The molecule has 0 aliphatic carbocycles. The van der Waals surface area contributed by atoms with Crippen molar-refractivity contribution in [3.63, 3.8) is 0 Å². The zero-order valence-electron chi connectivity index (χ0n) is 13.3. The molecule has 0 bridgehead atoms. The van der Waals surface area contributed by atoms with Crippen LogP contribution < -0.4 is 10.1 Å². The average molecular weight is 305 g/mol. The number of aliphatic hydroxyl groups excluding tert-OH is 1. The van der Waals surface area contributed by atoms with Crippen molar-refractivity contribution in [3.8, 4) is 5.75 Å². The predicted molar refractivity (Wildman–Crippen MR) is 85.2 cm³/mol. The molecule has 5 heteroatoms. The van der Waals surface area contributed by atoms with Crippen LogP contribution in [-0.4, -0.2) is 31.3 Å². The van der Waals surface area contributed by atoms with Crippen LogP contribution in [-0.2, 0) is 0 Å². The summed E-state index contributed by atoms with van der Waals surface area (Å²) in [6, 6.07) is 7.24. The van der Waals surface area contributed by atoms with Crippen LogP contribution in [0, 0.1) is 5.41 Å². The second kappa shape index (κ2) is 6.83. The maximum absolute atomic E-state index is 12.1. The number of carbonyl (C=O) groups excluding carboxylic acids is 1. The Morgan fingerprint density at radius 2 is 2.18 bits per heavy atom. The van der Waals surface area contributed by atoms with Gasteiger partial charge in [0.2, 0.25) is 0 Å². The van der Waals surface area contributed by atoms with E-state index in [0.29, 0.717) is 17.9 Å². The summed E-state index contributed by atoms with van der Waals surface area (Å²) in [7, 11) is 1.57. The molecule has 1 aromatic carbocycles. The molecule has 2 aromatic rings. The largest absolute Gasteiger partial charge is 0.493 e. The first kappa shape index (κ1) is 16.4. The van der Waals surface area contributed by atoms with Gasteiger partial charge >= 0.3 is 0 Å². The van der Waals surface area contributed by atoms with Crippen molar-refractivity contribution in [2.24, 2.45) is 5.41 Å². The van der Waals surface area contributed by atoms with Crippen molar-refractivity contribution in [2.45, 2.75) is 26.7 Å². The number of fused-ring (bicyclic) bond motifs is 1. The van der Waals surface area contributed by atoms with Crippen molar-refractivity contribution in [2.75, 3.05) is 20.3 Å². The minimum atomic E-state index is -0.236. The summed E-state index contributed by atoms with van der Waals surface area (Å²) in [5.74, 6) is 0.655. The van der Waals surface area contributed by atoms with Crippen LogP contribution in [0.25, 0.3) is 11.0 Å². The molecule has 5 nitrogen and oxygen atoms in total. The minimum absolute atomic E-state index is 0.114. The molecule has 2 N–H and O–H groups in total. The third-order valence-corrected chi connectivity index (χ3v) is 3.70. The highest BCUT2D eigenvalue weighted by Gasteiger charge is 2.17. The Balaban J connectivity index is 1.96. The van der Waals surface area contributed by atoms with Gasteiger partial charge < -0.3 is 19.6 Å². The van der Waals surface area contributed by atoms with E-state index in [2.05, 4.69) is 5.32 Å². The molecular weight excluding hydrogens is 282 g/mol. The number of methoxy groups -OCH3 is 1. The Labute approximate surface area is 130 Å². The molecule has 0 unspecified atom stereocenters. The van der Waals surface area contributed by atoms with Crippen LogP contribution in [0.2, 0.25) is 0 Å². The molecule has 0 saturated carbocycles. The summed E-state index contributed by atoms with van der Waals surface area (Å²) in [5, 5.41) is 12.9. The number of para-hydroxylation sites is 1. The number of aliphatic hydroxyl groups is 1. The number of hydrogen-bond donors (Lipinski definition) is 2. The molecule has 1 heterocycles. The number of amides is 1. The molecule has 0 radical (unpaired) electrons. The summed E-state index contributed by atoms with van der Waals surface area (Å²) in [4.78, 5) is 12.1.